The number of cyclic esters (lactones) is 1. The SMILES string of the molecule is C=C(C)C(=O)OC1C(=O)OCC1C(=O)OC(C)C. The molecule has 100 valence electrons. The van der Waals surface area contributed by atoms with Crippen LogP contribution in [-0.4, -0.2) is 36.7 Å². The van der Waals surface area contributed by atoms with Crippen molar-refractivity contribution in [2.75, 3.05) is 6.61 Å². The Balaban J connectivity index is 2.73. The van der Waals surface area contributed by atoms with Gasteiger partial charge in [-0.3, -0.25) is 4.79 Å². The minimum absolute atomic E-state index is 0.140. The third-order valence-electron chi connectivity index (χ3n) is 2.24. The monoisotopic (exact) mass is 256 g/mol. The maximum absolute atomic E-state index is 11.7. The third-order valence-corrected chi connectivity index (χ3v) is 2.24. The molecule has 2 atom stereocenters. The second kappa shape index (κ2) is 5.66. The molecule has 6 nitrogen and oxygen atoms in total. The topological polar surface area (TPSA) is 78.9 Å². The standard InChI is InChI=1S/C12H16O6/c1-6(2)10(13)18-9-8(5-16-12(9)15)11(14)17-7(3)4/h7-9H,1,5H2,2-4H3. The highest BCUT2D eigenvalue weighted by atomic mass is 16.6. The lowest BCUT2D eigenvalue weighted by Crippen LogP contribution is -2.35. The number of ether oxygens (including phenoxy) is 3. The molecule has 1 saturated heterocycles. The van der Waals surface area contributed by atoms with Gasteiger partial charge in [-0.2, -0.15) is 0 Å². The molecule has 0 saturated carbocycles. The Labute approximate surface area is 105 Å². The van der Waals surface area contributed by atoms with E-state index in [1.54, 1.807) is 13.8 Å². The normalized spacial score (nSPS) is 22.6. The lowest BCUT2D eigenvalue weighted by Gasteiger charge is -2.16. The maximum Gasteiger partial charge on any atom is 0.348 e. The molecular formula is C12H16O6. The Morgan fingerprint density at radius 1 is 1.44 bits per heavy atom. The molecule has 0 aromatic carbocycles. The quantitative estimate of drug-likeness (QED) is 0.416. The molecule has 0 aromatic rings. The van der Waals surface area contributed by atoms with Gasteiger partial charge in [0.2, 0.25) is 6.10 Å². The number of rotatable bonds is 4. The highest BCUT2D eigenvalue weighted by Crippen LogP contribution is 2.21. The van der Waals surface area contributed by atoms with E-state index >= 15 is 0 Å². The highest BCUT2D eigenvalue weighted by molar-refractivity contribution is 5.92. The minimum atomic E-state index is -1.25. The number of hydrogen-bond acceptors (Lipinski definition) is 6. The van der Waals surface area contributed by atoms with Gasteiger partial charge in [0.05, 0.1) is 6.10 Å². The van der Waals surface area contributed by atoms with Crippen LogP contribution >= 0.6 is 0 Å². The van der Waals surface area contributed by atoms with Gasteiger partial charge in [0, 0.05) is 5.57 Å². The molecule has 1 aliphatic heterocycles. The fourth-order valence-corrected chi connectivity index (χ4v) is 1.36. The smallest absolute Gasteiger partial charge is 0.348 e. The number of carbonyl (C=O) groups is 3. The van der Waals surface area contributed by atoms with E-state index in [4.69, 9.17) is 14.2 Å². The van der Waals surface area contributed by atoms with Crippen molar-refractivity contribution >= 4 is 17.9 Å². The fourth-order valence-electron chi connectivity index (χ4n) is 1.36. The van der Waals surface area contributed by atoms with Crippen molar-refractivity contribution in [3.05, 3.63) is 12.2 Å². The number of carbonyl (C=O) groups excluding carboxylic acids is 3. The van der Waals surface area contributed by atoms with Gasteiger partial charge in [-0.25, -0.2) is 9.59 Å². The second-order valence-corrected chi connectivity index (χ2v) is 4.33. The van der Waals surface area contributed by atoms with Crippen LogP contribution in [0.15, 0.2) is 12.2 Å². The predicted molar refractivity (Wildman–Crippen MR) is 60.4 cm³/mol. The van der Waals surface area contributed by atoms with Crippen LogP contribution in [0.2, 0.25) is 0 Å². The average molecular weight is 256 g/mol. The summed E-state index contributed by atoms with van der Waals surface area (Å²) in [5, 5.41) is 0. The van der Waals surface area contributed by atoms with E-state index in [9.17, 15) is 14.4 Å². The number of hydrogen-bond donors (Lipinski definition) is 0. The number of esters is 3. The summed E-state index contributed by atoms with van der Waals surface area (Å²) >= 11 is 0. The Morgan fingerprint density at radius 3 is 2.56 bits per heavy atom. The predicted octanol–water partition coefficient (Wildman–Crippen LogP) is 0.599. The van der Waals surface area contributed by atoms with Gasteiger partial charge in [-0.05, 0) is 20.8 Å². The molecule has 1 fully saturated rings. The lowest BCUT2D eigenvalue weighted by molar-refractivity contribution is -0.164. The summed E-state index contributed by atoms with van der Waals surface area (Å²) in [6, 6.07) is 0. The molecule has 18 heavy (non-hydrogen) atoms. The summed E-state index contributed by atoms with van der Waals surface area (Å²) in [5.74, 6) is -3.00. The van der Waals surface area contributed by atoms with Crippen LogP contribution in [-0.2, 0) is 28.6 Å². The third kappa shape index (κ3) is 3.32. The fraction of sp³-hybridized carbons (Fsp3) is 0.583. The Hall–Kier alpha value is -1.85. The molecule has 1 aliphatic rings. The van der Waals surface area contributed by atoms with Gasteiger partial charge < -0.3 is 14.2 Å². The largest absolute Gasteiger partial charge is 0.463 e. The van der Waals surface area contributed by atoms with Crippen molar-refractivity contribution in [1.82, 2.24) is 0 Å². The average Bonchev–Trinajstić information content (AvgIpc) is 2.59. The summed E-state index contributed by atoms with van der Waals surface area (Å²) in [7, 11) is 0. The summed E-state index contributed by atoms with van der Waals surface area (Å²) < 4.78 is 14.6. The first-order valence-electron chi connectivity index (χ1n) is 5.56. The van der Waals surface area contributed by atoms with Gasteiger partial charge in [0.25, 0.3) is 0 Å². The summed E-state index contributed by atoms with van der Waals surface area (Å²) in [5.41, 5.74) is 0.144. The zero-order valence-electron chi connectivity index (χ0n) is 10.6. The van der Waals surface area contributed by atoms with E-state index in [2.05, 4.69) is 6.58 Å². The van der Waals surface area contributed by atoms with Crippen molar-refractivity contribution in [2.45, 2.75) is 33.0 Å². The van der Waals surface area contributed by atoms with E-state index in [0.29, 0.717) is 0 Å². The zero-order chi connectivity index (χ0) is 13.9. The van der Waals surface area contributed by atoms with Crippen LogP contribution in [0, 0.1) is 5.92 Å². The molecule has 0 N–H and O–H groups in total. The molecule has 1 rings (SSSR count). The first-order chi connectivity index (χ1) is 8.32. The van der Waals surface area contributed by atoms with E-state index in [1.165, 1.54) is 6.92 Å². The first-order valence-corrected chi connectivity index (χ1v) is 5.56. The maximum atomic E-state index is 11.7. The van der Waals surface area contributed by atoms with Gasteiger partial charge in [-0.1, -0.05) is 6.58 Å². The zero-order valence-corrected chi connectivity index (χ0v) is 10.6. The molecule has 0 aliphatic carbocycles. The Morgan fingerprint density at radius 2 is 2.06 bits per heavy atom. The van der Waals surface area contributed by atoms with Crippen LogP contribution in [0.25, 0.3) is 0 Å². The second-order valence-electron chi connectivity index (χ2n) is 4.33. The van der Waals surface area contributed by atoms with Crippen LogP contribution in [0.1, 0.15) is 20.8 Å². The van der Waals surface area contributed by atoms with Crippen LogP contribution in [0.5, 0.6) is 0 Å². The van der Waals surface area contributed by atoms with E-state index in [1.807, 2.05) is 0 Å². The van der Waals surface area contributed by atoms with Gasteiger partial charge >= 0.3 is 17.9 Å². The molecule has 2 unspecified atom stereocenters. The summed E-state index contributed by atoms with van der Waals surface area (Å²) in [4.78, 5) is 34.4. The molecule has 0 aromatic heterocycles. The van der Waals surface area contributed by atoms with Gasteiger partial charge in [-0.15, -0.1) is 0 Å². The summed E-state index contributed by atoms with van der Waals surface area (Å²) in [6.07, 6.45) is -1.56. The highest BCUT2D eigenvalue weighted by Gasteiger charge is 2.45. The van der Waals surface area contributed by atoms with Gasteiger partial charge in [0.15, 0.2) is 0 Å². The van der Waals surface area contributed by atoms with Crippen LogP contribution < -0.4 is 0 Å². The molecule has 0 bridgehead atoms. The van der Waals surface area contributed by atoms with Crippen molar-refractivity contribution < 1.29 is 28.6 Å². The molecular weight excluding hydrogens is 240 g/mol. The van der Waals surface area contributed by atoms with Crippen molar-refractivity contribution in [3.8, 4) is 0 Å². The Kier molecular flexibility index (Phi) is 4.47. The molecule has 1 heterocycles. The van der Waals surface area contributed by atoms with E-state index in [0.717, 1.165) is 0 Å². The van der Waals surface area contributed by atoms with E-state index in [-0.39, 0.29) is 18.3 Å². The first kappa shape index (κ1) is 14.2. The van der Waals surface area contributed by atoms with Crippen LogP contribution in [0.3, 0.4) is 0 Å². The van der Waals surface area contributed by atoms with Crippen molar-refractivity contribution in [1.29, 1.82) is 0 Å². The van der Waals surface area contributed by atoms with Crippen LogP contribution in [0.4, 0.5) is 0 Å². The molecule has 6 heteroatoms. The molecule has 0 radical (unpaired) electrons. The van der Waals surface area contributed by atoms with Crippen molar-refractivity contribution in [3.63, 3.8) is 0 Å². The van der Waals surface area contributed by atoms with Crippen molar-refractivity contribution in [2.24, 2.45) is 5.92 Å². The molecule has 0 spiro atoms. The van der Waals surface area contributed by atoms with E-state index < -0.39 is 29.9 Å². The minimum Gasteiger partial charge on any atom is -0.463 e. The van der Waals surface area contributed by atoms with Gasteiger partial charge in [0.1, 0.15) is 12.5 Å². The molecule has 0 amide bonds. The summed E-state index contributed by atoms with van der Waals surface area (Å²) in [6.45, 7) is 8.08. The Bertz CT molecular complexity index is 384. The lowest BCUT2D eigenvalue weighted by atomic mass is 10.1.